The smallest absolute Gasteiger partial charge is 0.287 e. The molecule has 20 heavy (non-hydrogen) atoms. The molecule has 0 aliphatic rings. The number of furan rings is 1. The molecular formula is C14H11N3O2S. The Kier molecular flexibility index (Phi) is 3.56. The second-order valence-electron chi connectivity index (χ2n) is 4.15. The average molecular weight is 285 g/mol. The first kappa shape index (κ1) is 12.6. The third kappa shape index (κ3) is 2.75. The van der Waals surface area contributed by atoms with Crippen molar-refractivity contribution in [1.29, 1.82) is 0 Å². The van der Waals surface area contributed by atoms with Gasteiger partial charge in [0.15, 0.2) is 5.76 Å². The third-order valence-corrected chi connectivity index (χ3v) is 3.31. The molecule has 0 unspecified atom stereocenters. The van der Waals surface area contributed by atoms with Gasteiger partial charge >= 0.3 is 0 Å². The normalized spacial score (nSPS) is 10.4. The zero-order valence-electron chi connectivity index (χ0n) is 10.4. The molecule has 2 aromatic heterocycles. The Morgan fingerprint density at radius 1 is 1.25 bits per heavy atom. The lowest BCUT2D eigenvalue weighted by Crippen LogP contribution is -2.22. The van der Waals surface area contributed by atoms with Crippen molar-refractivity contribution in [2.45, 2.75) is 6.54 Å². The second-order valence-corrected chi connectivity index (χ2v) is 4.76. The number of benzene rings is 1. The van der Waals surface area contributed by atoms with E-state index in [9.17, 15) is 4.79 Å². The van der Waals surface area contributed by atoms with Crippen LogP contribution in [0.4, 0.5) is 0 Å². The molecule has 0 radical (unpaired) electrons. The molecule has 6 heteroatoms. The van der Waals surface area contributed by atoms with Crippen LogP contribution in [0, 0.1) is 0 Å². The van der Waals surface area contributed by atoms with Crippen molar-refractivity contribution in [2.24, 2.45) is 0 Å². The van der Waals surface area contributed by atoms with Gasteiger partial charge in [-0.15, -0.1) is 5.10 Å². The van der Waals surface area contributed by atoms with Crippen molar-refractivity contribution in [3.05, 3.63) is 59.4 Å². The van der Waals surface area contributed by atoms with Gasteiger partial charge in [0, 0.05) is 17.5 Å². The molecule has 5 nitrogen and oxygen atoms in total. The van der Waals surface area contributed by atoms with Crippen LogP contribution in [0.2, 0.25) is 0 Å². The zero-order chi connectivity index (χ0) is 13.8. The number of carbonyl (C=O) groups excluding carboxylic acids is 1. The fourth-order valence-corrected chi connectivity index (χ4v) is 2.23. The van der Waals surface area contributed by atoms with E-state index >= 15 is 0 Å². The standard InChI is InChI=1S/C14H11N3O2S/c18-14(13-2-1-7-19-13)15-8-10-3-5-11(6-4-10)12-9-20-17-16-12/h1-7,9H,8H2,(H,15,18). The summed E-state index contributed by atoms with van der Waals surface area (Å²) >= 11 is 1.32. The van der Waals surface area contributed by atoms with E-state index in [1.165, 1.54) is 17.8 Å². The summed E-state index contributed by atoms with van der Waals surface area (Å²) in [6.45, 7) is 0.454. The Morgan fingerprint density at radius 3 is 2.75 bits per heavy atom. The Labute approximate surface area is 119 Å². The fourth-order valence-electron chi connectivity index (χ4n) is 1.76. The van der Waals surface area contributed by atoms with E-state index in [0.29, 0.717) is 12.3 Å². The highest BCUT2D eigenvalue weighted by molar-refractivity contribution is 7.03. The molecule has 0 fully saturated rings. The van der Waals surface area contributed by atoms with Gasteiger partial charge in [-0.05, 0) is 29.2 Å². The van der Waals surface area contributed by atoms with Gasteiger partial charge in [0.2, 0.25) is 0 Å². The molecular weight excluding hydrogens is 274 g/mol. The van der Waals surface area contributed by atoms with Gasteiger partial charge < -0.3 is 9.73 Å². The quantitative estimate of drug-likeness (QED) is 0.800. The van der Waals surface area contributed by atoms with Crippen molar-refractivity contribution in [3.8, 4) is 11.3 Å². The summed E-state index contributed by atoms with van der Waals surface area (Å²) < 4.78 is 8.86. The van der Waals surface area contributed by atoms with Crippen molar-refractivity contribution in [2.75, 3.05) is 0 Å². The van der Waals surface area contributed by atoms with Crippen molar-refractivity contribution >= 4 is 17.4 Å². The summed E-state index contributed by atoms with van der Waals surface area (Å²) in [5, 5.41) is 8.70. The number of amides is 1. The van der Waals surface area contributed by atoms with Crippen LogP contribution in [0.5, 0.6) is 0 Å². The molecule has 0 bridgehead atoms. The molecule has 0 spiro atoms. The number of hydrogen-bond donors (Lipinski definition) is 1. The lowest BCUT2D eigenvalue weighted by Gasteiger charge is -2.04. The summed E-state index contributed by atoms with van der Waals surface area (Å²) in [5.74, 6) is 0.0953. The predicted molar refractivity (Wildman–Crippen MR) is 75.2 cm³/mol. The highest BCUT2D eigenvalue weighted by atomic mass is 32.1. The number of carbonyl (C=O) groups is 1. The lowest BCUT2D eigenvalue weighted by molar-refractivity contribution is 0.0923. The van der Waals surface area contributed by atoms with Gasteiger partial charge in [0.1, 0.15) is 5.69 Å². The molecule has 0 saturated carbocycles. The first-order valence-electron chi connectivity index (χ1n) is 6.01. The Balaban J connectivity index is 1.63. The Morgan fingerprint density at radius 2 is 2.10 bits per heavy atom. The number of aromatic nitrogens is 2. The minimum Gasteiger partial charge on any atom is -0.459 e. The van der Waals surface area contributed by atoms with Crippen molar-refractivity contribution in [1.82, 2.24) is 14.9 Å². The number of nitrogens with one attached hydrogen (secondary N) is 1. The second kappa shape index (κ2) is 5.66. The molecule has 2 heterocycles. The largest absolute Gasteiger partial charge is 0.459 e. The van der Waals surface area contributed by atoms with Crippen LogP contribution in [0.1, 0.15) is 16.1 Å². The van der Waals surface area contributed by atoms with E-state index < -0.39 is 0 Å². The molecule has 0 aliphatic carbocycles. The average Bonchev–Trinajstić information content (AvgIpc) is 3.18. The molecule has 1 N–H and O–H groups in total. The maximum Gasteiger partial charge on any atom is 0.287 e. The number of rotatable bonds is 4. The van der Waals surface area contributed by atoms with E-state index in [1.54, 1.807) is 12.1 Å². The van der Waals surface area contributed by atoms with Crippen LogP contribution in [0.25, 0.3) is 11.3 Å². The van der Waals surface area contributed by atoms with E-state index in [0.717, 1.165) is 16.8 Å². The minimum atomic E-state index is -0.220. The van der Waals surface area contributed by atoms with Crippen LogP contribution < -0.4 is 5.32 Å². The minimum absolute atomic E-state index is 0.220. The summed E-state index contributed by atoms with van der Waals surface area (Å²) in [5.41, 5.74) is 2.89. The van der Waals surface area contributed by atoms with Gasteiger partial charge in [-0.3, -0.25) is 4.79 Å². The fraction of sp³-hybridized carbons (Fsp3) is 0.0714. The maximum atomic E-state index is 11.7. The first-order valence-corrected chi connectivity index (χ1v) is 6.84. The number of nitrogens with zero attached hydrogens (tertiary/aromatic N) is 2. The molecule has 3 aromatic rings. The summed E-state index contributed by atoms with van der Waals surface area (Å²) in [6.07, 6.45) is 1.48. The molecule has 0 aliphatic heterocycles. The molecule has 0 saturated heterocycles. The molecule has 0 atom stereocenters. The van der Waals surface area contributed by atoms with Crippen LogP contribution in [0.15, 0.2) is 52.5 Å². The predicted octanol–water partition coefficient (Wildman–Crippen LogP) is 2.73. The summed E-state index contributed by atoms with van der Waals surface area (Å²) in [6, 6.07) is 11.2. The molecule has 3 rings (SSSR count). The highest BCUT2D eigenvalue weighted by Gasteiger charge is 2.07. The Bertz CT molecular complexity index is 676. The first-order chi connectivity index (χ1) is 9.83. The van der Waals surface area contributed by atoms with E-state index in [4.69, 9.17) is 4.42 Å². The molecule has 100 valence electrons. The highest BCUT2D eigenvalue weighted by Crippen LogP contribution is 2.18. The number of hydrogen-bond acceptors (Lipinski definition) is 5. The topological polar surface area (TPSA) is 68.0 Å². The van der Waals surface area contributed by atoms with E-state index in [2.05, 4.69) is 14.9 Å². The zero-order valence-corrected chi connectivity index (χ0v) is 11.3. The Hall–Kier alpha value is -2.47. The van der Waals surface area contributed by atoms with E-state index in [1.807, 2.05) is 29.6 Å². The van der Waals surface area contributed by atoms with E-state index in [-0.39, 0.29) is 5.91 Å². The lowest BCUT2D eigenvalue weighted by atomic mass is 10.1. The molecule has 1 aromatic carbocycles. The van der Waals surface area contributed by atoms with Crippen LogP contribution in [-0.2, 0) is 6.54 Å². The SMILES string of the molecule is O=C(NCc1ccc(-c2csnn2)cc1)c1ccco1. The third-order valence-electron chi connectivity index (χ3n) is 2.81. The van der Waals surface area contributed by atoms with Gasteiger partial charge in [0.25, 0.3) is 5.91 Å². The monoisotopic (exact) mass is 285 g/mol. The van der Waals surface area contributed by atoms with Crippen molar-refractivity contribution < 1.29 is 9.21 Å². The summed E-state index contributed by atoms with van der Waals surface area (Å²) in [7, 11) is 0. The molecule has 1 amide bonds. The van der Waals surface area contributed by atoms with Crippen LogP contribution in [0.3, 0.4) is 0 Å². The van der Waals surface area contributed by atoms with Gasteiger partial charge in [-0.1, -0.05) is 28.8 Å². The van der Waals surface area contributed by atoms with Crippen LogP contribution in [-0.4, -0.2) is 15.5 Å². The van der Waals surface area contributed by atoms with Crippen molar-refractivity contribution in [3.63, 3.8) is 0 Å². The van der Waals surface area contributed by atoms with Gasteiger partial charge in [-0.2, -0.15) is 0 Å². The summed E-state index contributed by atoms with van der Waals surface area (Å²) in [4.78, 5) is 11.7. The van der Waals surface area contributed by atoms with Gasteiger partial charge in [-0.25, -0.2) is 0 Å². The maximum absolute atomic E-state index is 11.7. The van der Waals surface area contributed by atoms with Crippen LogP contribution >= 0.6 is 11.5 Å². The van der Waals surface area contributed by atoms with Gasteiger partial charge in [0.05, 0.1) is 6.26 Å².